The van der Waals surface area contributed by atoms with Gasteiger partial charge in [-0.05, 0) is 43.9 Å². The molecule has 1 aromatic rings. The first kappa shape index (κ1) is 25.6. The van der Waals surface area contributed by atoms with Gasteiger partial charge in [-0.15, -0.1) is 0 Å². The van der Waals surface area contributed by atoms with Gasteiger partial charge in [-0.3, -0.25) is 19.4 Å². The molecule has 4 amide bonds. The van der Waals surface area contributed by atoms with Gasteiger partial charge in [0, 0.05) is 23.6 Å². The summed E-state index contributed by atoms with van der Waals surface area (Å²) in [6.45, 7) is 15.5. The van der Waals surface area contributed by atoms with Crippen molar-refractivity contribution in [3.05, 3.63) is 46.5 Å². The van der Waals surface area contributed by atoms with Gasteiger partial charge in [-0.2, -0.15) is 0 Å². The quantitative estimate of drug-likeness (QED) is 0.341. The predicted molar refractivity (Wildman–Crippen MR) is 131 cm³/mol. The third-order valence-electron chi connectivity index (χ3n) is 5.69. The van der Waals surface area contributed by atoms with Crippen LogP contribution in [0, 0.1) is 0 Å². The zero-order valence-corrected chi connectivity index (χ0v) is 21.4. The zero-order valence-electron chi connectivity index (χ0n) is 20.6. The number of amides is 4. The predicted octanol–water partition coefficient (Wildman–Crippen LogP) is 4.06. The largest absolute Gasteiger partial charge is 0.460 e. The summed E-state index contributed by atoms with van der Waals surface area (Å²) in [5, 5.41) is 0.437. The second-order valence-electron chi connectivity index (χ2n) is 9.16. The maximum Gasteiger partial charge on any atom is 0.333 e. The molecular weight excluding hydrogens is 454 g/mol. The van der Waals surface area contributed by atoms with E-state index in [0.717, 1.165) is 25.9 Å². The number of hydrogen-bond acceptors (Lipinski definition) is 7. The molecule has 0 spiro atoms. The number of esters is 1. The molecule has 0 unspecified atom stereocenters. The molecule has 2 aliphatic heterocycles. The van der Waals surface area contributed by atoms with E-state index in [-0.39, 0.29) is 42.8 Å². The number of carbonyl (C=O) groups excluding carboxylic acids is 4. The Bertz CT molecular complexity index is 1070. The fraction of sp³-hybridized carbons (Fsp3) is 0.440. The number of benzene rings is 1. The number of fused-ring (bicyclic) bond motifs is 1. The summed E-state index contributed by atoms with van der Waals surface area (Å²) in [7, 11) is 0. The van der Waals surface area contributed by atoms with Crippen LogP contribution in [0.25, 0.3) is 0 Å². The van der Waals surface area contributed by atoms with Crippen molar-refractivity contribution in [1.82, 2.24) is 9.80 Å². The highest BCUT2D eigenvalue weighted by molar-refractivity contribution is 8.03. The van der Waals surface area contributed by atoms with Crippen LogP contribution in [0.15, 0.2) is 45.8 Å². The van der Waals surface area contributed by atoms with E-state index in [1.807, 2.05) is 17.0 Å². The van der Waals surface area contributed by atoms with Gasteiger partial charge in [0.15, 0.2) is 0 Å². The normalized spacial score (nSPS) is 16.4. The molecule has 182 valence electrons. The first-order valence-electron chi connectivity index (χ1n) is 11.3. The van der Waals surface area contributed by atoms with Gasteiger partial charge in [0.05, 0.1) is 17.3 Å². The molecule has 8 nitrogen and oxygen atoms in total. The number of rotatable bonds is 6. The summed E-state index contributed by atoms with van der Waals surface area (Å²) in [6, 6.07) is 5.42. The highest BCUT2D eigenvalue weighted by atomic mass is 32.2. The number of imide groups is 2. The van der Waals surface area contributed by atoms with Crippen molar-refractivity contribution in [1.29, 1.82) is 0 Å². The molecule has 0 bridgehead atoms. The second-order valence-corrected chi connectivity index (χ2v) is 10.2. The molecule has 2 heterocycles. The first-order chi connectivity index (χ1) is 15.9. The number of urea groups is 1. The number of barbiturate groups is 1. The number of nitrogens with zero attached hydrogens (tertiary/aromatic N) is 3. The second kappa shape index (κ2) is 9.66. The van der Waals surface area contributed by atoms with Crippen LogP contribution in [-0.4, -0.2) is 59.9 Å². The number of ether oxygens (including phenoxy) is 1. The number of anilines is 1. The Labute approximate surface area is 204 Å². The maximum atomic E-state index is 13.3. The van der Waals surface area contributed by atoms with Crippen LogP contribution in [0.2, 0.25) is 0 Å². The van der Waals surface area contributed by atoms with E-state index in [9.17, 15) is 19.2 Å². The lowest BCUT2D eigenvalue weighted by Crippen LogP contribution is -2.56. The van der Waals surface area contributed by atoms with Crippen molar-refractivity contribution in [3.8, 4) is 0 Å². The van der Waals surface area contributed by atoms with Crippen LogP contribution >= 0.6 is 11.8 Å². The molecule has 2 aliphatic rings. The lowest BCUT2D eigenvalue weighted by atomic mass is 9.87. The number of thioether (sulfide) groups is 1. The zero-order chi connectivity index (χ0) is 25.4. The topological polar surface area (TPSA) is 87.2 Å². The van der Waals surface area contributed by atoms with Crippen LogP contribution in [0.3, 0.4) is 0 Å². The summed E-state index contributed by atoms with van der Waals surface area (Å²) < 4.78 is 5.29. The van der Waals surface area contributed by atoms with E-state index in [4.69, 9.17) is 4.74 Å². The van der Waals surface area contributed by atoms with Gasteiger partial charge in [0.1, 0.15) is 12.2 Å². The molecule has 1 saturated heterocycles. The van der Waals surface area contributed by atoms with Gasteiger partial charge in [0.2, 0.25) is 0 Å². The summed E-state index contributed by atoms with van der Waals surface area (Å²) in [4.78, 5) is 56.0. The third kappa shape index (κ3) is 4.61. The Morgan fingerprint density at radius 2 is 1.62 bits per heavy atom. The molecule has 3 rings (SSSR count). The smallest absolute Gasteiger partial charge is 0.333 e. The highest BCUT2D eigenvalue weighted by Gasteiger charge is 2.45. The third-order valence-corrected chi connectivity index (χ3v) is 6.86. The Hall–Kier alpha value is -3.07. The van der Waals surface area contributed by atoms with Gasteiger partial charge >= 0.3 is 12.0 Å². The molecule has 0 atom stereocenters. The minimum atomic E-state index is -0.613. The van der Waals surface area contributed by atoms with Crippen molar-refractivity contribution in [2.75, 3.05) is 31.1 Å². The molecule has 34 heavy (non-hydrogen) atoms. The SMILES string of the molecule is C=C(C)C(=O)OCCN1C(=C2C(=O)N(CC)C(=O)N(CC)C2=O)Sc2cc(C(C)(C)C)ccc21. The van der Waals surface area contributed by atoms with Gasteiger partial charge in [-0.25, -0.2) is 9.59 Å². The number of carbonyl (C=O) groups is 4. The number of hydrogen-bond donors (Lipinski definition) is 0. The van der Waals surface area contributed by atoms with Crippen molar-refractivity contribution in [3.63, 3.8) is 0 Å². The lowest BCUT2D eigenvalue weighted by molar-refractivity contribution is -0.139. The fourth-order valence-corrected chi connectivity index (χ4v) is 4.99. The van der Waals surface area contributed by atoms with E-state index >= 15 is 0 Å². The molecule has 0 aliphatic carbocycles. The van der Waals surface area contributed by atoms with Crippen molar-refractivity contribution >= 4 is 41.3 Å². The van der Waals surface area contributed by atoms with Crippen molar-refractivity contribution < 1.29 is 23.9 Å². The van der Waals surface area contributed by atoms with Gasteiger partial charge in [0.25, 0.3) is 11.8 Å². The molecule has 0 radical (unpaired) electrons. The first-order valence-corrected chi connectivity index (χ1v) is 12.1. The van der Waals surface area contributed by atoms with E-state index in [0.29, 0.717) is 5.03 Å². The molecule has 0 N–H and O–H groups in total. The van der Waals surface area contributed by atoms with E-state index in [1.54, 1.807) is 20.8 Å². The Morgan fingerprint density at radius 1 is 1.03 bits per heavy atom. The van der Waals surface area contributed by atoms with Crippen LogP contribution < -0.4 is 4.90 Å². The minimum Gasteiger partial charge on any atom is -0.460 e. The van der Waals surface area contributed by atoms with Crippen molar-refractivity contribution in [2.45, 2.75) is 51.9 Å². The van der Waals surface area contributed by atoms with Gasteiger partial charge in [-0.1, -0.05) is 45.2 Å². The van der Waals surface area contributed by atoms with E-state index in [2.05, 4.69) is 33.4 Å². The van der Waals surface area contributed by atoms with Crippen LogP contribution in [0.5, 0.6) is 0 Å². The van der Waals surface area contributed by atoms with Crippen LogP contribution in [0.4, 0.5) is 10.5 Å². The summed E-state index contributed by atoms with van der Waals surface area (Å²) in [6.07, 6.45) is 0. The highest BCUT2D eigenvalue weighted by Crippen LogP contribution is 2.49. The number of likely N-dealkylation sites (N-methyl/N-ethyl adjacent to an activating group) is 2. The molecule has 1 fully saturated rings. The Balaban J connectivity index is 2.10. The van der Waals surface area contributed by atoms with Crippen LogP contribution in [0.1, 0.15) is 47.1 Å². The summed E-state index contributed by atoms with van der Waals surface area (Å²) >= 11 is 1.32. The average molecular weight is 486 g/mol. The molecule has 0 saturated carbocycles. The summed E-state index contributed by atoms with van der Waals surface area (Å²) in [5.74, 6) is -1.73. The van der Waals surface area contributed by atoms with E-state index in [1.165, 1.54) is 11.8 Å². The standard InChI is InChI=1S/C25H31N3O5S/c1-8-26-20(29)19(21(30)27(9-2)24(26)32)22-28(12-13-33-23(31)15(3)4)17-11-10-16(25(5,6)7)14-18(17)34-22/h10-11,14H,3,8-9,12-13H2,1-2,4-7H3. The molecule has 1 aromatic carbocycles. The fourth-order valence-electron chi connectivity index (χ4n) is 3.74. The molecular formula is C25H31N3O5S. The average Bonchev–Trinajstić information content (AvgIpc) is 3.11. The Morgan fingerprint density at radius 3 is 2.12 bits per heavy atom. The minimum absolute atomic E-state index is 0.0415. The summed E-state index contributed by atoms with van der Waals surface area (Å²) in [5.41, 5.74) is 2.08. The maximum absolute atomic E-state index is 13.3. The molecule has 0 aromatic heterocycles. The van der Waals surface area contributed by atoms with E-state index < -0.39 is 23.8 Å². The van der Waals surface area contributed by atoms with Crippen LogP contribution in [-0.2, 0) is 24.5 Å². The molecule has 9 heteroatoms. The lowest BCUT2D eigenvalue weighted by Gasteiger charge is -2.34. The van der Waals surface area contributed by atoms with Gasteiger partial charge < -0.3 is 9.64 Å². The Kier molecular flexibility index (Phi) is 7.26. The van der Waals surface area contributed by atoms with Crippen molar-refractivity contribution in [2.24, 2.45) is 0 Å². The monoisotopic (exact) mass is 485 g/mol.